The van der Waals surface area contributed by atoms with E-state index in [0.29, 0.717) is 28.4 Å². The molecule has 0 amide bonds. The number of halogens is 1. The molecule has 8 nitrogen and oxygen atoms in total. The van der Waals surface area contributed by atoms with Crippen LogP contribution >= 0.6 is 0 Å². The molecule has 0 atom stereocenters. The van der Waals surface area contributed by atoms with Gasteiger partial charge in [0, 0.05) is 0 Å². The van der Waals surface area contributed by atoms with Crippen LogP contribution in [-0.2, 0) is 6.54 Å². The number of para-hydroxylation sites is 1. The summed E-state index contributed by atoms with van der Waals surface area (Å²) in [4.78, 5) is 12.6. The van der Waals surface area contributed by atoms with Crippen LogP contribution in [0.1, 0.15) is 17.1 Å². The van der Waals surface area contributed by atoms with Gasteiger partial charge in [-0.3, -0.25) is 4.98 Å². The molecule has 9 heteroatoms. The van der Waals surface area contributed by atoms with E-state index in [1.54, 1.807) is 23.6 Å². The summed E-state index contributed by atoms with van der Waals surface area (Å²) in [5.74, 6) is -0.0115. The SMILES string of the molecule is Cc1nonc1-c1nc2c(F)cccc2n1Cc1cnc(C#N)cn1. The Hall–Kier alpha value is -3.67. The second-order valence-corrected chi connectivity index (χ2v) is 5.33. The Kier molecular flexibility index (Phi) is 3.43. The second-order valence-electron chi connectivity index (χ2n) is 5.33. The van der Waals surface area contributed by atoms with Crippen LogP contribution in [0.2, 0.25) is 0 Å². The number of nitriles is 1. The quantitative estimate of drug-likeness (QED) is 0.565. The van der Waals surface area contributed by atoms with Crippen molar-refractivity contribution in [3.8, 4) is 17.6 Å². The maximum atomic E-state index is 14.2. The molecule has 0 unspecified atom stereocenters. The van der Waals surface area contributed by atoms with Crippen LogP contribution < -0.4 is 0 Å². The highest BCUT2D eigenvalue weighted by Gasteiger charge is 2.20. The summed E-state index contributed by atoms with van der Waals surface area (Å²) in [7, 11) is 0. The van der Waals surface area contributed by atoms with Crippen molar-refractivity contribution in [2.24, 2.45) is 0 Å². The third-order valence-electron chi connectivity index (χ3n) is 3.73. The smallest absolute Gasteiger partial charge is 0.173 e. The molecule has 0 N–H and O–H groups in total. The predicted molar refractivity (Wildman–Crippen MR) is 83.6 cm³/mol. The first-order valence-electron chi connectivity index (χ1n) is 7.32. The van der Waals surface area contributed by atoms with Gasteiger partial charge in [0.2, 0.25) is 0 Å². The van der Waals surface area contributed by atoms with Gasteiger partial charge in [0.15, 0.2) is 23.0 Å². The number of hydrogen-bond donors (Lipinski definition) is 0. The van der Waals surface area contributed by atoms with Gasteiger partial charge in [0.05, 0.1) is 30.1 Å². The largest absolute Gasteiger partial charge is 0.316 e. The van der Waals surface area contributed by atoms with Crippen molar-refractivity contribution in [3.05, 3.63) is 53.5 Å². The number of rotatable bonds is 3. The van der Waals surface area contributed by atoms with Crippen molar-refractivity contribution in [2.75, 3.05) is 0 Å². The van der Waals surface area contributed by atoms with Crippen molar-refractivity contribution in [1.29, 1.82) is 5.26 Å². The molecule has 0 saturated carbocycles. The minimum absolute atomic E-state index is 0.224. The third-order valence-corrected chi connectivity index (χ3v) is 3.73. The lowest BCUT2D eigenvalue weighted by atomic mass is 10.3. The highest BCUT2D eigenvalue weighted by atomic mass is 19.1. The van der Waals surface area contributed by atoms with Gasteiger partial charge in [-0.15, -0.1) is 0 Å². The Morgan fingerprint density at radius 3 is 2.80 bits per heavy atom. The fourth-order valence-corrected chi connectivity index (χ4v) is 2.54. The summed E-state index contributed by atoms with van der Waals surface area (Å²) < 4.78 is 20.7. The molecule has 4 rings (SSSR count). The van der Waals surface area contributed by atoms with Crippen LogP contribution in [0.15, 0.2) is 35.2 Å². The Morgan fingerprint density at radius 2 is 2.12 bits per heavy atom. The second kappa shape index (κ2) is 5.76. The lowest BCUT2D eigenvalue weighted by Crippen LogP contribution is -2.05. The Balaban J connectivity index is 1.90. The molecule has 0 saturated heterocycles. The minimum Gasteiger partial charge on any atom is -0.316 e. The molecule has 0 radical (unpaired) electrons. The van der Waals surface area contributed by atoms with Crippen LogP contribution in [0.5, 0.6) is 0 Å². The van der Waals surface area contributed by atoms with E-state index in [9.17, 15) is 4.39 Å². The fourth-order valence-electron chi connectivity index (χ4n) is 2.54. The van der Waals surface area contributed by atoms with Gasteiger partial charge < -0.3 is 4.57 Å². The Bertz CT molecular complexity index is 1110. The van der Waals surface area contributed by atoms with Gasteiger partial charge in [-0.25, -0.2) is 19.0 Å². The summed E-state index contributed by atoms with van der Waals surface area (Å²) in [6, 6.07) is 6.63. The van der Waals surface area contributed by atoms with E-state index in [-0.39, 0.29) is 17.8 Å². The molecule has 122 valence electrons. The standard InChI is InChI=1S/C16H10FN7O/c1-9-14(23-25-22-9)16-21-15-12(17)3-2-4-13(15)24(16)8-11-7-19-10(5-18)6-20-11/h2-4,6-7H,8H2,1H3. The summed E-state index contributed by atoms with van der Waals surface area (Å²) in [6.45, 7) is 2.01. The maximum Gasteiger partial charge on any atom is 0.173 e. The fraction of sp³-hybridized carbons (Fsp3) is 0.125. The topological polar surface area (TPSA) is 106 Å². The van der Waals surface area contributed by atoms with Gasteiger partial charge in [0.1, 0.15) is 17.3 Å². The van der Waals surface area contributed by atoms with E-state index in [1.165, 1.54) is 18.5 Å². The van der Waals surface area contributed by atoms with E-state index in [2.05, 4.69) is 25.3 Å². The van der Waals surface area contributed by atoms with Crippen molar-refractivity contribution >= 4 is 11.0 Å². The summed E-state index contributed by atoms with van der Waals surface area (Å²) in [6.07, 6.45) is 2.89. The van der Waals surface area contributed by atoms with Crippen molar-refractivity contribution in [1.82, 2.24) is 29.8 Å². The zero-order valence-electron chi connectivity index (χ0n) is 13.0. The highest BCUT2D eigenvalue weighted by molar-refractivity contribution is 5.81. The molecular formula is C16H10FN7O. The van der Waals surface area contributed by atoms with Gasteiger partial charge in [0.25, 0.3) is 0 Å². The minimum atomic E-state index is -0.433. The average Bonchev–Trinajstić information content (AvgIpc) is 3.20. The van der Waals surface area contributed by atoms with Crippen molar-refractivity contribution in [3.63, 3.8) is 0 Å². The van der Waals surface area contributed by atoms with E-state index in [4.69, 9.17) is 9.89 Å². The van der Waals surface area contributed by atoms with Crippen LogP contribution in [-0.4, -0.2) is 29.8 Å². The first-order chi connectivity index (χ1) is 12.2. The molecule has 0 fully saturated rings. The normalized spacial score (nSPS) is 10.9. The number of hydrogen-bond acceptors (Lipinski definition) is 7. The number of nitrogens with zero attached hydrogens (tertiary/aromatic N) is 7. The molecule has 0 spiro atoms. The van der Waals surface area contributed by atoms with E-state index in [1.807, 2.05) is 6.07 Å². The Morgan fingerprint density at radius 1 is 1.24 bits per heavy atom. The summed E-state index contributed by atoms with van der Waals surface area (Å²) in [5, 5.41) is 16.5. The molecule has 25 heavy (non-hydrogen) atoms. The van der Waals surface area contributed by atoms with Crippen molar-refractivity contribution < 1.29 is 9.02 Å². The molecule has 3 heterocycles. The number of imidazole rings is 1. The number of aromatic nitrogens is 6. The van der Waals surface area contributed by atoms with Crippen LogP contribution in [0, 0.1) is 24.1 Å². The average molecular weight is 335 g/mol. The Labute approximate surface area is 140 Å². The predicted octanol–water partition coefficient (Wildman–Crippen LogP) is 2.24. The number of benzene rings is 1. The molecule has 3 aromatic heterocycles. The van der Waals surface area contributed by atoms with Crippen LogP contribution in [0.3, 0.4) is 0 Å². The third kappa shape index (κ3) is 2.49. The highest BCUT2D eigenvalue weighted by Crippen LogP contribution is 2.27. The first kappa shape index (κ1) is 14.9. The van der Waals surface area contributed by atoms with E-state index < -0.39 is 5.82 Å². The van der Waals surface area contributed by atoms with Crippen molar-refractivity contribution in [2.45, 2.75) is 13.5 Å². The molecule has 0 aliphatic carbocycles. The zero-order chi connectivity index (χ0) is 17.4. The van der Waals surface area contributed by atoms with Crippen LogP contribution in [0.4, 0.5) is 4.39 Å². The van der Waals surface area contributed by atoms with Gasteiger partial charge in [-0.1, -0.05) is 11.2 Å². The lowest BCUT2D eigenvalue weighted by molar-refractivity contribution is 0.305. The molecular weight excluding hydrogens is 325 g/mol. The summed E-state index contributed by atoms with van der Waals surface area (Å²) in [5.41, 5.74) is 2.60. The van der Waals surface area contributed by atoms with Crippen LogP contribution in [0.25, 0.3) is 22.6 Å². The van der Waals surface area contributed by atoms with Gasteiger partial charge in [-0.05, 0) is 24.2 Å². The molecule has 0 aliphatic rings. The van der Waals surface area contributed by atoms with E-state index >= 15 is 0 Å². The molecule has 4 aromatic rings. The van der Waals surface area contributed by atoms with Gasteiger partial charge >= 0.3 is 0 Å². The monoisotopic (exact) mass is 335 g/mol. The van der Waals surface area contributed by atoms with Gasteiger partial charge in [-0.2, -0.15) is 5.26 Å². The molecule has 0 aliphatic heterocycles. The lowest BCUT2D eigenvalue weighted by Gasteiger charge is -2.07. The number of aryl methyl sites for hydroxylation is 1. The molecule has 0 bridgehead atoms. The maximum absolute atomic E-state index is 14.2. The first-order valence-corrected chi connectivity index (χ1v) is 7.32. The summed E-state index contributed by atoms with van der Waals surface area (Å²) >= 11 is 0. The zero-order valence-corrected chi connectivity index (χ0v) is 13.0. The molecule has 1 aromatic carbocycles. The van der Waals surface area contributed by atoms with E-state index in [0.717, 1.165) is 0 Å². The number of fused-ring (bicyclic) bond motifs is 1.